The van der Waals surface area contributed by atoms with E-state index in [-0.39, 0.29) is 54.0 Å². The summed E-state index contributed by atoms with van der Waals surface area (Å²) in [6.45, 7) is 1.51. The van der Waals surface area contributed by atoms with Gasteiger partial charge in [0.05, 0.1) is 0 Å². The van der Waals surface area contributed by atoms with Crippen molar-refractivity contribution < 1.29 is 54.0 Å². The molecule has 0 radical (unpaired) electrons. The first kappa shape index (κ1) is 29.4. The van der Waals surface area contributed by atoms with Crippen LogP contribution in [-0.4, -0.2) is 24.1 Å². The molecule has 0 saturated heterocycles. The van der Waals surface area contributed by atoms with Gasteiger partial charge in [0.25, 0.3) is 0 Å². The molecule has 0 saturated carbocycles. The molecule has 0 bridgehead atoms. The van der Waals surface area contributed by atoms with E-state index in [4.69, 9.17) is 4.98 Å². The molecule has 5 nitrogen and oxygen atoms in total. The van der Waals surface area contributed by atoms with Gasteiger partial charge in [-0.15, -0.1) is 0 Å². The number of rotatable bonds is 6. The first-order chi connectivity index (χ1) is 14.9. The summed E-state index contributed by atoms with van der Waals surface area (Å²) in [5.74, 6) is 1.70. The Kier molecular flexibility index (Phi) is 12.1. The molecular formula is C25H21Cl3CoN5. The van der Waals surface area contributed by atoms with Crippen LogP contribution in [0.2, 0.25) is 0 Å². The standard InChI is InChI=1S/C25H21N5.3ClH.Co/c1-3-8-20(9-4-1)18-29-16-14-26-24(29)22-12-7-13-23(28-22)25-27-15-17-30(25)19-21-10-5-2-6-11-21;;;;/h1-17H,18-19H2;3*1H;/q;;;;+3/p-3. The van der Waals surface area contributed by atoms with Crippen molar-refractivity contribution in [3.63, 3.8) is 0 Å². The van der Waals surface area contributed by atoms with Gasteiger partial charge in [-0.3, -0.25) is 0 Å². The van der Waals surface area contributed by atoms with E-state index in [9.17, 15) is 0 Å². The van der Waals surface area contributed by atoms with E-state index in [1.807, 2.05) is 55.1 Å². The Morgan fingerprint density at radius 1 is 0.529 bits per heavy atom. The molecule has 3 aromatic heterocycles. The van der Waals surface area contributed by atoms with Crippen LogP contribution in [0.4, 0.5) is 0 Å². The third kappa shape index (κ3) is 6.71. The average molecular weight is 557 g/mol. The van der Waals surface area contributed by atoms with E-state index in [1.54, 1.807) is 0 Å². The van der Waals surface area contributed by atoms with Gasteiger partial charge in [0.2, 0.25) is 0 Å². The van der Waals surface area contributed by atoms with Crippen molar-refractivity contribution in [3.05, 3.63) is 115 Å². The SMILES string of the molecule is [Cl-].[Cl-].[Cl-].[Co+3].c1ccc(Cn2ccnc2-c2cccc(-c3nccn3Cc3ccccc3)n2)cc1. The van der Waals surface area contributed by atoms with Crippen LogP contribution in [0.3, 0.4) is 0 Å². The summed E-state index contributed by atoms with van der Waals surface area (Å²) in [7, 11) is 0. The van der Waals surface area contributed by atoms with Gasteiger partial charge in [-0.25, -0.2) is 15.0 Å². The van der Waals surface area contributed by atoms with E-state index >= 15 is 0 Å². The fourth-order valence-corrected chi connectivity index (χ4v) is 3.58. The second-order valence-electron chi connectivity index (χ2n) is 7.14. The summed E-state index contributed by atoms with van der Waals surface area (Å²) in [4.78, 5) is 14.0. The zero-order valence-electron chi connectivity index (χ0n) is 17.9. The summed E-state index contributed by atoms with van der Waals surface area (Å²) in [5.41, 5.74) is 4.13. The molecule has 0 aliphatic heterocycles. The Morgan fingerprint density at radius 2 is 0.941 bits per heavy atom. The Labute approximate surface area is 228 Å². The molecule has 0 spiro atoms. The van der Waals surface area contributed by atoms with Crippen molar-refractivity contribution in [1.29, 1.82) is 0 Å². The van der Waals surface area contributed by atoms with Crippen molar-refractivity contribution in [2.24, 2.45) is 0 Å². The van der Waals surface area contributed by atoms with Crippen LogP contribution < -0.4 is 37.2 Å². The Morgan fingerprint density at radius 3 is 1.35 bits per heavy atom. The molecule has 5 aromatic rings. The van der Waals surface area contributed by atoms with Crippen molar-refractivity contribution in [1.82, 2.24) is 24.1 Å². The first-order valence-corrected chi connectivity index (χ1v) is 9.95. The van der Waals surface area contributed by atoms with Gasteiger partial charge < -0.3 is 46.4 Å². The Bertz CT molecular complexity index is 1160. The monoisotopic (exact) mass is 555 g/mol. The molecule has 9 heteroatoms. The second-order valence-corrected chi connectivity index (χ2v) is 7.14. The molecule has 0 unspecified atom stereocenters. The molecule has 0 aliphatic rings. The number of nitrogens with zero attached hydrogens (tertiary/aromatic N) is 5. The van der Waals surface area contributed by atoms with Crippen LogP contribution in [0, 0.1) is 0 Å². The summed E-state index contributed by atoms with van der Waals surface area (Å²) in [5, 5.41) is 0. The summed E-state index contributed by atoms with van der Waals surface area (Å²) in [6, 6.07) is 26.8. The predicted octanol–water partition coefficient (Wildman–Crippen LogP) is -4.09. The van der Waals surface area contributed by atoms with E-state index in [0.29, 0.717) is 0 Å². The van der Waals surface area contributed by atoms with Crippen LogP contribution in [-0.2, 0) is 29.9 Å². The summed E-state index contributed by atoms with van der Waals surface area (Å²) < 4.78 is 4.25. The predicted molar refractivity (Wildman–Crippen MR) is 118 cm³/mol. The summed E-state index contributed by atoms with van der Waals surface area (Å²) in [6.07, 6.45) is 7.63. The molecule has 0 atom stereocenters. The van der Waals surface area contributed by atoms with Gasteiger partial charge in [0, 0.05) is 37.9 Å². The molecule has 176 valence electrons. The molecule has 2 aromatic carbocycles. The van der Waals surface area contributed by atoms with Crippen molar-refractivity contribution in [2.45, 2.75) is 13.1 Å². The number of benzene rings is 2. The average Bonchev–Trinajstić information content (AvgIpc) is 3.45. The molecule has 0 aliphatic carbocycles. The molecule has 3 heterocycles. The largest absolute Gasteiger partial charge is 3.00 e. The zero-order valence-corrected chi connectivity index (χ0v) is 21.2. The maximum atomic E-state index is 4.90. The number of halogens is 3. The number of hydrogen-bond acceptors (Lipinski definition) is 3. The smallest absolute Gasteiger partial charge is 1.00 e. The normalized spacial score (nSPS) is 9.65. The fraction of sp³-hybridized carbons (Fsp3) is 0.0800. The quantitative estimate of drug-likeness (QED) is 0.214. The maximum Gasteiger partial charge on any atom is 3.00 e. The topological polar surface area (TPSA) is 48.5 Å². The Hall–Kier alpha value is -2.61. The van der Waals surface area contributed by atoms with Crippen LogP contribution >= 0.6 is 0 Å². The van der Waals surface area contributed by atoms with E-state index < -0.39 is 0 Å². The molecule has 0 fully saturated rings. The van der Waals surface area contributed by atoms with E-state index in [0.717, 1.165) is 36.1 Å². The van der Waals surface area contributed by atoms with Gasteiger partial charge in [0.1, 0.15) is 11.4 Å². The van der Waals surface area contributed by atoms with E-state index in [1.165, 1.54) is 11.1 Å². The van der Waals surface area contributed by atoms with Gasteiger partial charge in [-0.2, -0.15) is 0 Å². The zero-order chi connectivity index (χ0) is 20.2. The molecular weight excluding hydrogens is 536 g/mol. The van der Waals surface area contributed by atoms with Gasteiger partial charge in [-0.05, 0) is 23.3 Å². The number of hydrogen-bond donors (Lipinski definition) is 0. The number of aromatic nitrogens is 5. The van der Waals surface area contributed by atoms with Crippen LogP contribution in [0.25, 0.3) is 23.0 Å². The third-order valence-electron chi connectivity index (χ3n) is 5.03. The molecule has 0 amide bonds. The minimum atomic E-state index is 0. The fourth-order valence-electron chi connectivity index (χ4n) is 3.58. The van der Waals surface area contributed by atoms with Crippen LogP contribution in [0.5, 0.6) is 0 Å². The molecule has 0 N–H and O–H groups in total. The van der Waals surface area contributed by atoms with Crippen molar-refractivity contribution >= 4 is 0 Å². The van der Waals surface area contributed by atoms with Gasteiger partial charge in [-0.1, -0.05) is 66.7 Å². The minimum Gasteiger partial charge on any atom is -1.00 e. The molecule has 5 rings (SSSR count). The van der Waals surface area contributed by atoms with Crippen LogP contribution in [0.15, 0.2) is 104 Å². The Balaban J connectivity index is 0.00000144. The number of pyridine rings is 1. The number of imidazole rings is 2. The van der Waals surface area contributed by atoms with Gasteiger partial charge >= 0.3 is 16.8 Å². The van der Waals surface area contributed by atoms with E-state index in [2.05, 4.69) is 67.6 Å². The van der Waals surface area contributed by atoms with Crippen LogP contribution in [0.1, 0.15) is 11.1 Å². The van der Waals surface area contributed by atoms with Crippen molar-refractivity contribution in [2.75, 3.05) is 0 Å². The second kappa shape index (κ2) is 13.9. The summed E-state index contributed by atoms with van der Waals surface area (Å²) >= 11 is 0. The molecule has 34 heavy (non-hydrogen) atoms. The minimum absolute atomic E-state index is 0. The third-order valence-corrected chi connectivity index (χ3v) is 5.03. The maximum absolute atomic E-state index is 4.90. The first-order valence-electron chi connectivity index (χ1n) is 9.95. The van der Waals surface area contributed by atoms with Gasteiger partial charge in [0.15, 0.2) is 11.6 Å². The van der Waals surface area contributed by atoms with Crippen molar-refractivity contribution in [3.8, 4) is 23.0 Å².